The SMILES string of the molecule is CS(=O)(=O)c1ccc(C(Cl)c2ccc3c(c2)CCC3)cc1. The van der Waals surface area contributed by atoms with Crippen molar-refractivity contribution in [3.05, 3.63) is 64.7 Å². The van der Waals surface area contributed by atoms with Crippen molar-refractivity contribution < 1.29 is 8.42 Å². The Morgan fingerprint density at radius 3 is 2.24 bits per heavy atom. The molecule has 4 heteroatoms. The average Bonchev–Trinajstić information content (AvgIpc) is 2.93. The molecule has 0 aliphatic heterocycles. The van der Waals surface area contributed by atoms with Gasteiger partial charge in [0.25, 0.3) is 0 Å². The monoisotopic (exact) mass is 320 g/mol. The van der Waals surface area contributed by atoms with Gasteiger partial charge in [-0.05, 0) is 53.6 Å². The Balaban J connectivity index is 1.90. The average molecular weight is 321 g/mol. The van der Waals surface area contributed by atoms with E-state index in [1.807, 2.05) is 0 Å². The standard InChI is InChI=1S/C17H17ClO2S/c1-21(19,20)16-9-7-13(8-10-16)17(18)15-6-5-12-3-2-4-14(12)11-15/h5-11,17H,2-4H2,1H3. The van der Waals surface area contributed by atoms with Gasteiger partial charge >= 0.3 is 0 Å². The van der Waals surface area contributed by atoms with E-state index in [0.717, 1.165) is 24.0 Å². The molecule has 1 aliphatic rings. The Hall–Kier alpha value is -1.32. The van der Waals surface area contributed by atoms with Crippen LogP contribution in [0.1, 0.15) is 34.1 Å². The van der Waals surface area contributed by atoms with Crippen LogP contribution in [0.5, 0.6) is 0 Å². The molecule has 110 valence electrons. The van der Waals surface area contributed by atoms with E-state index < -0.39 is 9.84 Å². The van der Waals surface area contributed by atoms with E-state index in [-0.39, 0.29) is 5.38 Å². The van der Waals surface area contributed by atoms with Crippen molar-refractivity contribution in [2.24, 2.45) is 0 Å². The molecule has 0 N–H and O–H groups in total. The highest BCUT2D eigenvalue weighted by Gasteiger charge is 2.16. The van der Waals surface area contributed by atoms with E-state index in [9.17, 15) is 8.42 Å². The molecule has 1 aliphatic carbocycles. The Labute approximate surface area is 130 Å². The first-order valence-electron chi connectivity index (χ1n) is 7.01. The van der Waals surface area contributed by atoms with E-state index in [0.29, 0.717) is 4.90 Å². The van der Waals surface area contributed by atoms with Gasteiger partial charge in [-0.3, -0.25) is 0 Å². The van der Waals surface area contributed by atoms with Gasteiger partial charge in [0, 0.05) is 6.26 Å². The van der Waals surface area contributed by atoms with E-state index in [1.165, 1.54) is 23.8 Å². The fraction of sp³-hybridized carbons (Fsp3) is 0.294. The van der Waals surface area contributed by atoms with Crippen LogP contribution < -0.4 is 0 Å². The molecular formula is C17H17ClO2S. The lowest BCUT2D eigenvalue weighted by Gasteiger charge is -2.12. The van der Waals surface area contributed by atoms with E-state index in [2.05, 4.69) is 18.2 Å². The van der Waals surface area contributed by atoms with Crippen LogP contribution in [0.4, 0.5) is 0 Å². The molecule has 1 unspecified atom stereocenters. The second-order valence-corrected chi connectivity index (χ2v) is 8.04. The quantitative estimate of drug-likeness (QED) is 0.804. The summed E-state index contributed by atoms with van der Waals surface area (Å²) in [5.41, 5.74) is 4.81. The highest BCUT2D eigenvalue weighted by molar-refractivity contribution is 7.90. The van der Waals surface area contributed by atoms with Gasteiger partial charge in [0.1, 0.15) is 0 Å². The maximum atomic E-state index is 11.5. The zero-order valence-electron chi connectivity index (χ0n) is 11.8. The Morgan fingerprint density at radius 2 is 1.57 bits per heavy atom. The number of alkyl halides is 1. The number of sulfone groups is 1. The van der Waals surface area contributed by atoms with Crippen LogP contribution in [0.15, 0.2) is 47.4 Å². The van der Waals surface area contributed by atoms with Crippen LogP contribution in [0, 0.1) is 0 Å². The molecular weight excluding hydrogens is 304 g/mol. The van der Waals surface area contributed by atoms with Gasteiger partial charge in [-0.1, -0.05) is 30.3 Å². The van der Waals surface area contributed by atoms with Crippen LogP contribution in [-0.4, -0.2) is 14.7 Å². The maximum Gasteiger partial charge on any atom is 0.175 e. The van der Waals surface area contributed by atoms with Gasteiger partial charge in [0.15, 0.2) is 9.84 Å². The summed E-state index contributed by atoms with van der Waals surface area (Å²) in [5.74, 6) is 0. The topological polar surface area (TPSA) is 34.1 Å². The number of halogens is 1. The first-order valence-corrected chi connectivity index (χ1v) is 9.34. The summed E-state index contributed by atoms with van der Waals surface area (Å²) < 4.78 is 23.0. The molecule has 0 saturated carbocycles. The smallest absolute Gasteiger partial charge is 0.175 e. The second kappa shape index (κ2) is 5.47. The van der Waals surface area contributed by atoms with Gasteiger partial charge < -0.3 is 0 Å². The van der Waals surface area contributed by atoms with Crippen LogP contribution in [0.2, 0.25) is 0 Å². The third-order valence-electron chi connectivity index (χ3n) is 4.02. The van der Waals surface area contributed by atoms with Crippen molar-refractivity contribution in [3.8, 4) is 0 Å². The Bertz CT molecular complexity index is 764. The minimum atomic E-state index is -3.16. The number of aryl methyl sites for hydroxylation is 2. The third-order valence-corrected chi connectivity index (χ3v) is 5.65. The lowest BCUT2D eigenvalue weighted by molar-refractivity contribution is 0.602. The van der Waals surface area contributed by atoms with Gasteiger partial charge in [-0.2, -0.15) is 0 Å². The van der Waals surface area contributed by atoms with E-state index in [4.69, 9.17) is 11.6 Å². The van der Waals surface area contributed by atoms with Crippen LogP contribution in [0.25, 0.3) is 0 Å². The molecule has 0 radical (unpaired) electrons. The van der Waals surface area contributed by atoms with E-state index >= 15 is 0 Å². The largest absolute Gasteiger partial charge is 0.224 e. The number of benzene rings is 2. The Morgan fingerprint density at radius 1 is 0.952 bits per heavy atom. The predicted molar refractivity (Wildman–Crippen MR) is 85.7 cm³/mol. The number of hydrogen-bond donors (Lipinski definition) is 0. The molecule has 0 aromatic heterocycles. The summed E-state index contributed by atoms with van der Waals surface area (Å²) in [6.45, 7) is 0. The fourth-order valence-corrected chi connectivity index (χ4v) is 3.74. The predicted octanol–water partition coefficient (Wildman–Crippen LogP) is 3.91. The third kappa shape index (κ3) is 2.99. The van der Waals surface area contributed by atoms with Crippen molar-refractivity contribution in [1.29, 1.82) is 0 Å². The molecule has 0 fully saturated rings. The molecule has 0 heterocycles. The molecule has 3 rings (SSSR count). The summed E-state index contributed by atoms with van der Waals surface area (Å²) >= 11 is 6.55. The lowest BCUT2D eigenvalue weighted by atomic mass is 10.00. The first-order chi connectivity index (χ1) is 9.95. The summed E-state index contributed by atoms with van der Waals surface area (Å²) in [4.78, 5) is 0.323. The molecule has 0 amide bonds. The van der Waals surface area contributed by atoms with Gasteiger partial charge in [-0.25, -0.2) is 8.42 Å². The summed E-state index contributed by atoms with van der Waals surface area (Å²) in [7, 11) is -3.16. The van der Waals surface area contributed by atoms with Crippen LogP contribution >= 0.6 is 11.6 Å². The second-order valence-electron chi connectivity index (χ2n) is 5.59. The van der Waals surface area contributed by atoms with Crippen molar-refractivity contribution >= 4 is 21.4 Å². The zero-order valence-corrected chi connectivity index (χ0v) is 13.4. The number of rotatable bonds is 3. The van der Waals surface area contributed by atoms with Crippen molar-refractivity contribution in [2.45, 2.75) is 29.5 Å². The molecule has 0 spiro atoms. The van der Waals surface area contributed by atoms with Gasteiger partial charge in [-0.15, -0.1) is 11.6 Å². The van der Waals surface area contributed by atoms with Crippen LogP contribution in [-0.2, 0) is 22.7 Å². The van der Waals surface area contributed by atoms with E-state index in [1.54, 1.807) is 24.3 Å². The molecule has 2 aromatic carbocycles. The highest BCUT2D eigenvalue weighted by Crippen LogP contribution is 2.32. The first kappa shape index (κ1) is 14.6. The summed E-state index contributed by atoms with van der Waals surface area (Å²) in [6.07, 6.45) is 4.71. The molecule has 0 saturated heterocycles. The van der Waals surface area contributed by atoms with Crippen molar-refractivity contribution in [2.75, 3.05) is 6.26 Å². The minimum Gasteiger partial charge on any atom is -0.224 e. The van der Waals surface area contributed by atoms with Crippen molar-refractivity contribution in [3.63, 3.8) is 0 Å². The molecule has 0 bridgehead atoms. The van der Waals surface area contributed by atoms with Crippen molar-refractivity contribution in [1.82, 2.24) is 0 Å². The zero-order chi connectivity index (χ0) is 15.0. The highest BCUT2D eigenvalue weighted by atomic mass is 35.5. The number of fused-ring (bicyclic) bond motifs is 1. The molecule has 2 nitrogen and oxygen atoms in total. The van der Waals surface area contributed by atoms with Gasteiger partial charge in [0.2, 0.25) is 0 Å². The summed E-state index contributed by atoms with van der Waals surface area (Å²) in [6, 6.07) is 13.2. The molecule has 1 atom stereocenters. The molecule has 21 heavy (non-hydrogen) atoms. The van der Waals surface area contributed by atoms with Gasteiger partial charge in [0.05, 0.1) is 10.3 Å². The van der Waals surface area contributed by atoms with Crippen LogP contribution in [0.3, 0.4) is 0 Å². The fourth-order valence-electron chi connectivity index (χ4n) is 2.83. The Kier molecular flexibility index (Phi) is 3.80. The molecule has 2 aromatic rings. The number of hydrogen-bond acceptors (Lipinski definition) is 2. The minimum absolute atomic E-state index is 0.246. The normalized spacial score (nSPS) is 15.7. The summed E-state index contributed by atoms with van der Waals surface area (Å²) in [5, 5.41) is -0.246. The lowest BCUT2D eigenvalue weighted by Crippen LogP contribution is -1.99. The maximum absolute atomic E-state index is 11.5.